The topological polar surface area (TPSA) is 86.6 Å². The fourth-order valence-corrected chi connectivity index (χ4v) is 4.31. The summed E-state index contributed by atoms with van der Waals surface area (Å²) in [4.78, 5) is 38.2. The van der Waals surface area contributed by atoms with Gasteiger partial charge in [0.05, 0.1) is 25.2 Å². The Labute approximate surface area is 187 Å². The van der Waals surface area contributed by atoms with Crippen molar-refractivity contribution >= 4 is 11.8 Å². The van der Waals surface area contributed by atoms with Gasteiger partial charge in [-0.2, -0.15) is 0 Å². The van der Waals surface area contributed by atoms with E-state index in [2.05, 4.69) is 9.97 Å². The largest absolute Gasteiger partial charge is 0.391 e. The van der Waals surface area contributed by atoms with Gasteiger partial charge in [-0.1, -0.05) is 36.4 Å². The van der Waals surface area contributed by atoms with Crippen LogP contribution in [0.5, 0.6) is 0 Å². The fourth-order valence-electron chi connectivity index (χ4n) is 4.31. The average Bonchev–Trinajstić information content (AvgIpc) is 2.84. The van der Waals surface area contributed by atoms with Crippen molar-refractivity contribution in [3.05, 3.63) is 96.1 Å². The number of benzene rings is 1. The third-order valence-electron chi connectivity index (χ3n) is 5.83. The van der Waals surface area contributed by atoms with E-state index in [1.54, 1.807) is 47.4 Å². The van der Waals surface area contributed by atoms with E-state index < -0.39 is 12.1 Å². The van der Waals surface area contributed by atoms with Gasteiger partial charge in [-0.3, -0.25) is 19.6 Å². The molecule has 4 rings (SSSR count). The molecule has 164 valence electrons. The first-order valence-electron chi connectivity index (χ1n) is 10.7. The number of aliphatic hydroxyl groups is 1. The van der Waals surface area contributed by atoms with Crippen molar-refractivity contribution in [3.8, 4) is 0 Å². The van der Waals surface area contributed by atoms with E-state index >= 15 is 0 Å². The summed E-state index contributed by atoms with van der Waals surface area (Å²) in [6.45, 7) is 2.20. The van der Waals surface area contributed by atoms with Gasteiger partial charge in [0.2, 0.25) is 5.91 Å². The van der Waals surface area contributed by atoms with Crippen LogP contribution >= 0.6 is 0 Å². The molecule has 3 atom stereocenters. The standard InChI is InChI=1S/C25H26N4O3/c1-18(30)24-22(19-7-3-2-4-8-19)16-28(23(31)15-21-9-5-6-12-27-21)17-29(24)25(32)20-10-13-26-14-11-20/h2-14,18,22,24,30H,15-17H2,1H3/t18-,22-,24-/m1/s1. The van der Waals surface area contributed by atoms with E-state index in [0.717, 1.165) is 5.56 Å². The zero-order valence-corrected chi connectivity index (χ0v) is 17.9. The maximum Gasteiger partial charge on any atom is 0.255 e. The molecule has 1 aromatic carbocycles. The number of amides is 2. The Morgan fingerprint density at radius 3 is 2.41 bits per heavy atom. The summed E-state index contributed by atoms with van der Waals surface area (Å²) in [6, 6.07) is 18.0. The lowest BCUT2D eigenvalue weighted by Crippen LogP contribution is -2.61. The molecule has 7 nitrogen and oxygen atoms in total. The lowest BCUT2D eigenvalue weighted by atomic mass is 9.85. The van der Waals surface area contributed by atoms with Gasteiger partial charge in [-0.05, 0) is 36.8 Å². The molecule has 1 saturated heterocycles. The van der Waals surface area contributed by atoms with Gasteiger partial charge in [0, 0.05) is 42.3 Å². The first-order valence-corrected chi connectivity index (χ1v) is 10.7. The first kappa shape index (κ1) is 21.6. The molecule has 0 aliphatic carbocycles. The molecule has 1 N–H and O–H groups in total. The van der Waals surface area contributed by atoms with Crippen LogP contribution < -0.4 is 0 Å². The monoisotopic (exact) mass is 430 g/mol. The van der Waals surface area contributed by atoms with Crippen molar-refractivity contribution in [2.24, 2.45) is 0 Å². The van der Waals surface area contributed by atoms with E-state index in [-0.39, 0.29) is 30.8 Å². The van der Waals surface area contributed by atoms with E-state index in [9.17, 15) is 14.7 Å². The van der Waals surface area contributed by atoms with Crippen LogP contribution in [-0.4, -0.2) is 62.0 Å². The molecule has 3 heterocycles. The molecule has 0 spiro atoms. The predicted octanol–water partition coefficient (Wildman–Crippen LogP) is 2.49. The Balaban J connectivity index is 1.69. The highest BCUT2D eigenvalue weighted by atomic mass is 16.3. The Hall–Kier alpha value is -3.58. The number of carbonyl (C=O) groups is 2. The van der Waals surface area contributed by atoms with E-state index in [0.29, 0.717) is 17.8 Å². The highest BCUT2D eigenvalue weighted by molar-refractivity contribution is 5.94. The summed E-state index contributed by atoms with van der Waals surface area (Å²) in [6.07, 6.45) is 4.16. The molecule has 0 radical (unpaired) electrons. The molecule has 1 fully saturated rings. The molecule has 1 aliphatic rings. The highest BCUT2D eigenvalue weighted by Crippen LogP contribution is 2.32. The number of nitrogens with zero attached hydrogens (tertiary/aromatic N) is 4. The van der Waals surface area contributed by atoms with Crippen LogP contribution in [0.2, 0.25) is 0 Å². The van der Waals surface area contributed by atoms with Crippen LogP contribution in [0.15, 0.2) is 79.3 Å². The van der Waals surface area contributed by atoms with Gasteiger partial charge >= 0.3 is 0 Å². The minimum absolute atomic E-state index is 0.103. The molecule has 0 unspecified atom stereocenters. The number of aromatic nitrogens is 2. The Morgan fingerprint density at radius 1 is 1.03 bits per heavy atom. The SMILES string of the molecule is C[C@@H](O)[C@@H]1[C@@H](c2ccccc2)CN(C(=O)Cc2ccccn2)CN1C(=O)c1ccncc1. The normalized spacial score (nSPS) is 19.4. The third-order valence-corrected chi connectivity index (χ3v) is 5.83. The van der Waals surface area contributed by atoms with E-state index in [1.807, 2.05) is 48.5 Å². The molecule has 0 bridgehead atoms. The molecule has 1 aliphatic heterocycles. The van der Waals surface area contributed by atoms with Crippen LogP contribution in [0, 0.1) is 0 Å². The Bertz CT molecular complexity index is 1040. The summed E-state index contributed by atoms with van der Waals surface area (Å²) in [5, 5.41) is 10.7. The highest BCUT2D eigenvalue weighted by Gasteiger charge is 2.42. The van der Waals surface area contributed by atoms with E-state index in [4.69, 9.17) is 0 Å². The maximum atomic E-state index is 13.5. The third kappa shape index (κ3) is 4.68. The minimum Gasteiger partial charge on any atom is -0.391 e. The second kappa shape index (κ2) is 9.70. The Kier molecular flexibility index (Phi) is 6.56. The summed E-state index contributed by atoms with van der Waals surface area (Å²) in [5.74, 6) is -0.584. The van der Waals surface area contributed by atoms with E-state index in [1.165, 1.54) is 0 Å². The van der Waals surface area contributed by atoms with Crippen LogP contribution in [0.25, 0.3) is 0 Å². The van der Waals surface area contributed by atoms with Crippen molar-refractivity contribution in [2.75, 3.05) is 13.2 Å². The van der Waals surface area contributed by atoms with Crippen LogP contribution in [0.4, 0.5) is 0 Å². The number of carbonyl (C=O) groups excluding carboxylic acids is 2. The van der Waals surface area contributed by atoms with Gasteiger partial charge in [-0.25, -0.2) is 0 Å². The zero-order chi connectivity index (χ0) is 22.5. The molecule has 0 saturated carbocycles. The molecule has 32 heavy (non-hydrogen) atoms. The number of hydrogen-bond donors (Lipinski definition) is 1. The van der Waals surface area contributed by atoms with Gasteiger partial charge in [0.1, 0.15) is 0 Å². The van der Waals surface area contributed by atoms with Gasteiger partial charge < -0.3 is 14.9 Å². The van der Waals surface area contributed by atoms with Crippen LogP contribution in [-0.2, 0) is 11.2 Å². The summed E-state index contributed by atoms with van der Waals surface area (Å²) >= 11 is 0. The summed E-state index contributed by atoms with van der Waals surface area (Å²) in [7, 11) is 0. The van der Waals surface area contributed by atoms with Crippen molar-refractivity contribution in [1.82, 2.24) is 19.8 Å². The molecule has 7 heteroatoms. The minimum atomic E-state index is -0.779. The lowest BCUT2D eigenvalue weighted by molar-refractivity contribution is -0.136. The quantitative estimate of drug-likeness (QED) is 0.672. The smallest absolute Gasteiger partial charge is 0.255 e. The van der Waals surface area contributed by atoms with Crippen LogP contribution in [0.3, 0.4) is 0 Å². The number of pyridine rings is 2. The van der Waals surface area contributed by atoms with Crippen LogP contribution in [0.1, 0.15) is 34.5 Å². The predicted molar refractivity (Wildman–Crippen MR) is 120 cm³/mol. The van der Waals surface area contributed by atoms with Crippen molar-refractivity contribution in [3.63, 3.8) is 0 Å². The van der Waals surface area contributed by atoms with Crippen molar-refractivity contribution in [2.45, 2.75) is 31.4 Å². The average molecular weight is 431 g/mol. The lowest BCUT2D eigenvalue weighted by Gasteiger charge is -2.47. The number of rotatable bonds is 5. The molecular formula is C25H26N4O3. The number of hydrogen-bond acceptors (Lipinski definition) is 5. The summed E-state index contributed by atoms with van der Waals surface area (Å²) in [5.41, 5.74) is 2.12. The molecule has 3 aromatic rings. The number of aliphatic hydroxyl groups excluding tert-OH is 1. The first-order chi connectivity index (χ1) is 15.5. The van der Waals surface area contributed by atoms with Crippen molar-refractivity contribution < 1.29 is 14.7 Å². The molecule has 2 aromatic heterocycles. The second-order valence-electron chi connectivity index (χ2n) is 8.01. The molecule has 2 amide bonds. The van der Waals surface area contributed by atoms with Gasteiger partial charge in [-0.15, -0.1) is 0 Å². The zero-order valence-electron chi connectivity index (χ0n) is 17.9. The second-order valence-corrected chi connectivity index (χ2v) is 8.01. The summed E-state index contributed by atoms with van der Waals surface area (Å²) < 4.78 is 0. The molecular weight excluding hydrogens is 404 g/mol. The maximum absolute atomic E-state index is 13.5. The Morgan fingerprint density at radius 2 is 1.75 bits per heavy atom. The van der Waals surface area contributed by atoms with Crippen molar-refractivity contribution in [1.29, 1.82) is 0 Å². The van der Waals surface area contributed by atoms with Gasteiger partial charge in [0.25, 0.3) is 5.91 Å². The van der Waals surface area contributed by atoms with Gasteiger partial charge in [0.15, 0.2) is 0 Å². The fraction of sp³-hybridized carbons (Fsp3) is 0.280.